The van der Waals surface area contributed by atoms with Gasteiger partial charge in [-0.25, -0.2) is 4.79 Å². The Kier molecular flexibility index (Phi) is 10.0. The summed E-state index contributed by atoms with van der Waals surface area (Å²) in [5, 5.41) is 5.52. The number of nitrogens with one attached hydrogen (secondary N) is 2. The number of ether oxygens (including phenoxy) is 1. The quantitative estimate of drug-likeness (QED) is 0.377. The number of carbonyl (C=O) groups excluding carboxylic acids is 3. The second-order valence-electron chi connectivity index (χ2n) is 8.83. The highest BCUT2D eigenvalue weighted by Crippen LogP contribution is 2.10. The minimum atomic E-state index is -0.914. The molecule has 36 heavy (non-hydrogen) atoms. The fraction of sp³-hybridized carbons (Fsp3) is 0.233. The Morgan fingerprint density at radius 2 is 1.33 bits per heavy atom. The standard InChI is InChI=1S/C30H32N2O4/c1-22(2)28(27(33)19-18-23-12-6-3-7-13-23)32-29(34)26(20-24-14-8-4-9-15-24)31-30(35)36-21-25-16-10-5-11-17-25/h3-19,22,26,28H,20-21H2,1-2H3,(H,31,35)(H,32,34)/b19-18+/t26-,28-/m0/s1. The van der Waals surface area contributed by atoms with Crippen molar-refractivity contribution in [1.82, 2.24) is 10.6 Å². The van der Waals surface area contributed by atoms with E-state index in [-0.39, 0.29) is 24.7 Å². The zero-order valence-corrected chi connectivity index (χ0v) is 20.6. The van der Waals surface area contributed by atoms with Gasteiger partial charge in [-0.15, -0.1) is 0 Å². The molecule has 2 N–H and O–H groups in total. The molecule has 3 rings (SSSR count). The molecule has 0 saturated carbocycles. The number of hydrogen-bond donors (Lipinski definition) is 2. The van der Waals surface area contributed by atoms with Crippen LogP contribution >= 0.6 is 0 Å². The second kappa shape index (κ2) is 13.6. The maximum absolute atomic E-state index is 13.3. The average molecular weight is 485 g/mol. The van der Waals surface area contributed by atoms with E-state index in [9.17, 15) is 14.4 Å². The maximum Gasteiger partial charge on any atom is 0.408 e. The van der Waals surface area contributed by atoms with Crippen LogP contribution in [0.15, 0.2) is 97.1 Å². The highest BCUT2D eigenvalue weighted by atomic mass is 16.5. The van der Waals surface area contributed by atoms with Gasteiger partial charge in [-0.3, -0.25) is 9.59 Å². The zero-order chi connectivity index (χ0) is 25.8. The van der Waals surface area contributed by atoms with Crippen LogP contribution in [0.25, 0.3) is 6.08 Å². The van der Waals surface area contributed by atoms with Gasteiger partial charge in [0, 0.05) is 6.42 Å². The summed E-state index contributed by atoms with van der Waals surface area (Å²) in [5.74, 6) is -0.813. The van der Waals surface area contributed by atoms with E-state index in [0.717, 1.165) is 16.7 Å². The molecule has 6 heteroatoms. The summed E-state index contributed by atoms with van der Waals surface area (Å²) in [6, 6.07) is 26.5. The van der Waals surface area contributed by atoms with Gasteiger partial charge in [0.15, 0.2) is 5.78 Å². The van der Waals surface area contributed by atoms with Crippen LogP contribution in [0.5, 0.6) is 0 Å². The summed E-state index contributed by atoms with van der Waals surface area (Å²) in [5.41, 5.74) is 2.61. The van der Waals surface area contributed by atoms with Crippen molar-refractivity contribution >= 4 is 23.9 Å². The Balaban J connectivity index is 1.69. The minimum absolute atomic E-state index is 0.0870. The normalized spacial score (nSPS) is 12.6. The fourth-order valence-corrected chi connectivity index (χ4v) is 3.63. The molecule has 0 saturated heterocycles. The molecule has 0 aliphatic heterocycles. The number of benzene rings is 3. The molecular weight excluding hydrogens is 452 g/mol. The first-order valence-electron chi connectivity index (χ1n) is 12.0. The largest absolute Gasteiger partial charge is 0.445 e. The van der Waals surface area contributed by atoms with Crippen LogP contribution in [0, 0.1) is 5.92 Å². The molecule has 0 aliphatic carbocycles. The molecule has 0 fully saturated rings. The van der Waals surface area contributed by atoms with E-state index >= 15 is 0 Å². The van der Waals surface area contributed by atoms with Gasteiger partial charge in [-0.1, -0.05) is 111 Å². The van der Waals surface area contributed by atoms with E-state index in [4.69, 9.17) is 4.74 Å². The molecule has 0 unspecified atom stereocenters. The van der Waals surface area contributed by atoms with Crippen molar-refractivity contribution < 1.29 is 19.1 Å². The predicted octanol–water partition coefficient (Wildman–Crippen LogP) is 4.95. The van der Waals surface area contributed by atoms with Gasteiger partial charge in [0.1, 0.15) is 12.6 Å². The number of rotatable bonds is 11. The summed E-state index contributed by atoms with van der Waals surface area (Å²) < 4.78 is 5.33. The molecule has 6 nitrogen and oxygen atoms in total. The number of amides is 2. The third-order valence-electron chi connectivity index (χ3n) is 5.61. The van der Waals surface area contributed by atoms with Crippen molar-refractivity contribution in [2.45, 2.75) is 39.0 Å². The summed E-state index contributed by atoms with van der Waals surface area (Å²) >= 11 is 0. The molecular formula is C30H32N2O4. The Labute approximate surface area is 212 Å². The van der Waals surface area contributed by atoms with Gasteiger partial charge in [-0.05, 0) is 28.7 Å². The summed E-state index contributed by atoms with van der Waals surface area (Å²) in [6.45, 7) is 3.82. The number of ketones is 1. The molecule has 0 aliphatic rings. The van der Waals surface area contributed by atoms with Crippen LogP contribution in [0.4, 0.5) is 4.79 Å². The predicted molar refractivity (Wildman–Crippen MR) is 141 cm³/mol. The van der Waals surface area contributed by atoms with E-state index in [0.29, 0.717) is 0 Å². The van der Waals surface area contributed by atoms with Crippen molar-refractivity contribution in [3.05, 3.63) is 114 Å². The Bertz CT molecular complexity index is 1150. The van der Waals surface area contributed by atoms with E-state index in [1.807, 2.05) is 105 Å². The minimum Gasteiger partial charge on any atom is -0.445 e. The van der Waals surface area contributed by atoms with Crippen molar-refractivity contribution in [2.24, 2.45) is 5.92 Å². The second-order valence-corrected chi connectivity index (χ2v) is 8.83. The van der Waals surface area contributed by atoms with Crippen LogP contribution in [0.3, 0.4) is 0 Å². The zero-order valence-electron chi connectivity index (χ0n) is 20.6. The lowest BCUT2D eigenvalue weighted by Crippen LogP contribution is -2.53. The Hall–Kier alpha value is -4.19. The third kappa shape index (κ3) is 8.55. The lowest BCUT2D eigenvalue weighted by atomic mass is 9.97. The molecule has 0 bridgehead atoms. The van der Waals surface area contributed by atoms with E-state index in [2.05, 4.69) is 10.6 Å². The highest BCUT2D eigenvalue weighted by molar-refractivity contribution is 6.00. The SMILES string of the molecule is CC(C)[C@H](NC(=O)[C@H](Cc1ccccc1)NC(=O)OCc1ccccc1)C(=O)/C=C/c1ccccc1. The monoisotopic (exact) mass is 484 g/mol. The molecule has 186 valence electrons. The van der Waals surface area contributed by atoms with Crippen LogP contribution in [-0.4, -0.2) is 29.9 Å². The highest BCUT2D eigenvalue weighted by Gasteiger charge is 2.28. The van der Waals surface area contributed by atoms with E-state index in [1.54, 1.807) is 6.08 Å². The molecule has 0 spiro atoms. The topological polar surface area (TPSA) is 84.5 Å². The Morgan fingerprint density at radius 1 is 0.778 bits per heavy atom. The lowest BCUT2D eigenvalue weighted by molar-refractivity contribution is -0.128. The van der Waals surface area contributed by atoms with Crippen LogP contribution in [0.1, 0.15) is 30.5 Å². The lowest BCUT2D eigenvalue weighted by Gasteiger charge is -2.24. The van der Waals surface area contributed by atoms with Crippen molar-refractivity contribution in [1.29, 1.82) is 0 Å². The maximum atomic E-state index is 13.3. The molecule has 2 amide bonds. The van der Waals surface area contributed by atoms with Crippen LogP contribution in [0.2, 0.25) is 0 Å². The molecule has 0 aromatic heterocycles. The van der Waals surface area contributed by atoms with Crippen LogP contribution in [-0.2, 0) is 27.4 Å². The van der Waals surface area contributed by atoms with Gasteiger partial charge in [-0.2, -0.15) is 0 Å². The van der Waals surface area contributed by atoms with Gasteiger partial charge in [0.2, 0.25) is 5.91 Å². The first-order valence-corrected chi connectivity index (χ1v) is 12.0. The number of hydrogen-bond acceptors (Lipinski definition) is 4. The third-order valence-corrected chi connectivity index (χ3v) is 5.61. The van der Waals surface area contributed by atoms with E-state index in [1.165, 1.54) is 6.08 Å². The fourth-order valence-electron chi connectivity index (χ4n) is 3.63. The van der Waals surface area contributed by atoms with Crippen molar-refractivity contribution in [3.63, 3.8) is 0 Å². The first-order chi connectivity index (χ1) is 17.4. The molecule has 0 heterocycles. The molecule has 2 atom stereocenters. The average Bonchev–Trinajstić information content (AvgIpc) is 2.90. The summed E-state index contributed by atoms with van der Waals surface area (Å²) in [7, 11) is 0. The summed E-state index contributed by atoms with van der Waals surface area (Å²) in [6.07, 6.45) is 2.76. The molecule has 3 aromatic rings. The molecule has 0 radical (unpaired) electrons. The summed E-state index contributed by atoms with van der Waals surface area (Å²) in [4.78, 5) is 38.8. The number of carbonyl (C=O) groups is 3. The Morgan fingerprint density at radius 3 is 1.92 bits per heavy atom. The van der Waals surface area contributed by atoms with E-state index < -0.39 is 24.1 Å². The van der Waals surface area contributed by atoms with Gasteiger partial charge >= 0.3 is 6.09 Å². The number of alkyl carbamates (subject to hydrolysis) is 1. The molecule has 3 aromatic carbocycles. The first kappa shape index (κ1) is 26.4. The van der Waals surface area contributed by atoms with Gasteiger partial charge < -0.3 is 15.4 Å². The van der Waals surface area contributed by atoms with Gasteiger partial charge in [0.05, 0.1) is 6.04 Å². The van der Waals surface area contributed by atoms with Crippen molar-refractivity contribution in [2.75, 3.05) is 0 Å². The van der Waals surface area contributed by atoms with Gasteiger partial charge in [0.25, 0.3) is 0 Å². The van der Waals surface area contributed by atoms with Crippen molar-refractivity contribution in [3.8, 4) is 0 Å². The smallest absolute Gasteiger partial charge is 0.408 e. The van der Waals surface area contributed by atoms with Crippen LogP contribution < -0.4 is 10.6 Å².